The second-order valence-electron chi connectivity index (χ2n) is 7.78. The topological polar surface area (TPSA) is 89.3 Å². The molecule has 4 rings (SSSR count). The van der Waals surface area contributed by atoms with Crippen molar-refractivity contribution >= 4 is 50.0 Å². The van der Waals surface area contributed by atoms with Gasteiger partial charge in [-0.15, -0.1) is 0 Å². The van der Waals surface area contributed by atoms with Gasteiger partial charge in [-0.3, -0.25) is 14.2 Å². The zero-order valence-electron chi connectivity index (χ0n) is 17.4. The van der Waals surface area contributed by atoms with Gasteiger partial charge in [0.15, 0.2) is 15.0 Å². The summed E-state index contributed by atoms with van der Waals surface area (Å²) in [6.45, 7) is 0.318. The number of fused-ring (bicyclic) bond motifs is 1. The Hall–Kier alpha value is -2.36. The van der Waals surface area contributed by atoms with Crippen LogP contribution in [0.3, 0.4) is 0 Å². The Labute approximate surface area is 195 Å². The van der Waals surface area contributed by atoms with Gasteiger partial charge in [0.1, 0.15) is 0 Å². The van der Waals surface area contributed by atoms with Crippen LogP contribution in [0.25, 0.3) is 10.9 Å². The number of carbonyl (C=O) groups excluding carboxylic acids is 1. The first-order valence-electron chi connectivity index (χ1n) is 10.1. The third kappa shape index (κ3) is 5.00. The van der Waals surface area contributed by atoms with Crippen LogP contribution in [0, 0.1) is 0 Å². The van der Waals surface area contributed by atoms with E-state index < -0.39 is 9.84 Å². The van der Waals surface area contributed by atoms with Crippen LogP contribution in [0.15, 0.2) is 58.5 Å². The summed E-state index contributed by atoms with van der Waals surface area (Å²) in [6, 6.07) is 14.2. The average Bonchev–Trinajstić information content (AvgIpc) is 3.14. The minimum atomic E-state index is -3.09. The van der Waals surface area contributed by atoms with E-state index in [1.165, 1.54) is 4.90 Å². The lowest BCUT2D eigenvalue weighted by Gasteiger charge is -2.23. The molecule has 2 aromatic carbocycles. The molecule has 1 atom stereocenters. The maximum Gasteiger partial charge on any atom is 0.262 e. The van der Waals surface area contributed by atoms with E-state index in [-0.39, 0.29) is 34.8 Å². The lowest BCUT2D eigenvalue weighted by atomic mass is 10.2. The zero-order chi connectivity index (χ0) is 22.9. The van der Waals surface area contributed by atoms with Gasteiger partial charge < -0.3 is 4.90 Å². The van der Waals surface area contributed by atoms with Gasteiger partial charge in [-0.1, -0.05) is 53.7 Å². The molecule has 32 heavy (non-hydrogen) atoms. The van der Waals surface area contributed by atoms with Crippen LogP contribution in [-0.2, 0) is 21.2 Å². The summed E-state index contributed by atoms with van der Waals surface area (Å²) in [7, 11) is -1.46. The molecule has 1 amide bonds. The number of hydrogen-bond donors (Lipinski definition) is 0. The van der Waals surface area contributed by atoms with Crippen molar-refractivity contribution in [2.24, 2.45) is 0 Å². The van der Waals surface area contributed by atoms with Gasteiger partial charge in [0.2, 0.25) is 5.91 Å². The van der Waals surface area contributed by atoms with Gasteiger partial charge >= 0.3 is 0 Å². The Morgan fingerprint density at radius 2 is 2.00 bits per heavy atom. The molecule has 0 N–H and O–H groups in total. The standard InChI is InChI=1S/C22H22ClN3O4S2/c1-25(17-9-10-32(29,30)14-17)20(27)13-31-22-24-19-11-16(23)7-8-18(19)21(28)26(22)12-15-5-3-2-4-6-15/h2-8,11,17H,9-10,12-14H2,1H3. The summed E-state index contributed by atoms with van der Waals surface area (Å²) in [5.74, 6) is -0.0682. The Bertz CT molecular complexity index is 1330. The molecule has 1 aliphatic heterocycles. The lowest BCUT2D eigenvalue weighted by molar-refractivity contribution is -0.128. The number of hydrogen-bond acceptors (Lipinski definition) is 6. The molecule has 0 spiro atoms. The molecule has 1 aliphatic rings. The quantitative estimate of drug-likeness (QED) is 0.389. The Morgan fingerprint density at radius 1 is 1.25 bits per heavy atom. The fourth-order valence-electron chi connectivity index (χ4n) is 3.70. The van der Waals surface area contributed by atoms with Crippen molar-refractivity contribution in [3.63, 3.8) is 0 Å². The number of nitrogens with zero attached hydrogens (tertiary/aromatic N) is 3. The Kier molecular flexibility index (Phi) is 6.60. The minimum Gasteiger partial charge on any atom is -0.341 e. The van der Waals surface area contributed by atoms with E-state index in [2.05, 4.69) is 4.98 Å². The molecule has 0 aliphatic carbocycles. The van der Waals surface area contributed by atoms with Crippen LogP contribution in [0.2, 0.25) is 5.02 Å². The van der Waals surface area contributed by atoms with E-state index in [0.717, 1.165) is 17.3 Å². The Morgan fingerprint density at radius 3 is 2.69 bits per heavy atom. The van der Waals surface area contributed by atoms with Gasteiger partial charge in [0, 0.05) is 18.1 Å². The largest absolute Gasteiger partial charge is 0.341 e. The van der Waals surface area contributed by atoms with Crippen molar-refractivity contribution < 1.29 is 13.2 Å². The first-order valence-corrected chi connectivity index (χ1v) is 13.2. The van der Waals surface area contributed by atoms with Gasteiger partial charge in [-0.25, -0.2) is 13.4 Å². The number of sulfone groups is 1. The molecule has 1 aromatic heterocycles. The van der Waals surface area contributed by atoms with Crippen molar-refractivity contribution in [1.82, 2.24) is 14.5 Å². The average molecular weight is 492 g/mol. The molecule has 10 heteroatoms. The van der Waals surface area contributed by atoms with Crippen LogP contribution < -0.4 is 5.56 Å². The van der Waals surface area contributed by atoms with E-state index in [9.17, 15) is 18.0 Å². The number of thioether (sulfide) groups is 1. The summed E-state index contributed by atoms with van der Waals surface area (Å²) in [5.41, 5.74) is 1.20. The highest BCUT2D eigenvalue weighted by Crippen LogP contribution is 2.23. The van der Waals surface area contributed by atoms with Crippen LogP contribution in [0.5, 0.6) is 0 Å². The smallest absolute Gasteiger partial charge is 0.262 e. The second kappa shape index (κ2) is 9.25. The molecule has 1 unspecified atom stereocenters. The molecule has 1 saturated heterocycles. The highest BCUT2D eigenvalue weighted by atomic mass is 35.5. The zero-order valence-corrected chi connectivity index (χ0v) is 19.8. The van der Waals surface area contributed by atoms with E-state index in [0.29, 0.717) is 34.0 Å². The number of halogens is 1. The van der Waals surface area contributed by atoms with E-state index in [4.69, 9.17) is 11.6 Å². The van der Waals surface area contributed by atoms with Gasteiger partial charge in [-0.2, -0.15) is 0 Å². The lowest BCUT2D eigenvalue weighted by Crippen LogP contribution is -2.39. The number of aromatic nitrogens is 2. The van der Waals surface area contributed by atoms with Crippen molar-refractivity contribution in [2.75, 3.05) is 24.3 Å². The third-order valence-electron chi connectivity index (χ3n) is 5.54. The molecule has 2 heterocycles. The van der Waals surface area contributed by atoms with Crippen LogP contribution in [0.4, 0.5) is 0 Å². The molecule has 7 nitrogen and oxygen atoms in total. The number of carbonyl (C=O) groups is 1. The predicted molar refractivity (Wildman–Crippen MR) is 127 cm³/mol. The van der Waals surface area contributed by atoms with Crippen LogP contribution in [0.1, 0.15) is 12.0 Å². The first-order chi connectivity index (χ1) is 15.2. The van der Waals surface area contributed by atoms with E-state index >= 15 is 0 Å². The van der Waals surface area contributed by atoms with Gasteiger partial charge in [0.05, 0.1) is 34.7 Å². The van der Waals surface area contributed by atoms with E-state index in [1.54, 1.807) is 29.8 Å². The number of amides is 1. The molecule has 1 fully saturated rings. The van der Waals surface area contributed by atoms with Crippen molar-refractivity contribution in [3.8, 4) is 0 Å². The Balaban J connectivity index is 1.62. The summed E-state index contributed by atoms with van der Waals surface area (Å²) in [5, 5.41) is 1.34. The molecular formula is C22H22ClN3O4S2. The normalized spacial score (nSPS) is 17.5. The number of benzene rings is 2. The monoisotopic (exact) mass is 491 g/mol. The summed E-state index contributed by atoms with van der Waals surface area (Å²) < 4.78 is 25.1. The second-order valence-corrected chi connectivity index (χ2v) is 11.4. The predicted octanol–water partition coefficient (Wildman–Crippen LogP) is 2.84. The minimum absolute atomic E-state index is 0.00859. The summed E-state index contributed by atoms with van der Waals surface area (Å²) in [6.07, 6.45) is 0.445. The number of rotatable bonds is 6. The molecular weight excluding hydrogens is 470 g/mol. The fourth-order valence-corrected chi connectivity index (χ4v) is 6.57. The summed E-state index contributed by atoms with van der Waals surface area (Å²) in [4.78, 5) is 32.1. The maximum atomic E-state index is 13.2. The van der Waals surface area contributed by atoms with Crippen molar-refractivity contribution in [1.29, 1.82) is 0 Å². The molecule has 3 aromatic rings. The third-order valence-corrected chi connectivity index (χ3v) is 8.49. The molecule has 168 valence electrons. The SMILES string of the molecule is CN(C(=O)CSc1nc2cc(Cl)ccc2c(=O)n1Cc1ccccc1)C1CCS(=O)(=O)C1. The van der Waals surface area contributed by atoms with Gasteiger partial charge in [0.25, 0.3) is 5.56 Å². The maximum absolute atomic E-state index is 13.2. The fraction of sp³-hybridized carbons (Fsp3) is 0.318. The molecule has 0 bridgehead atoms. The van der Waals surface area contributed by atoms with Gasteiger partial charge in [-0.05, 0) is 30.2 Å². The van der Waals surface area contributed by atoms with Crippen molar-refractivity contribution in [3.05, 3.63) is 69.5 Å². The molecule has 0 radical (unpaired) electrons. The van der Waals surface area contributed by atoms with Crippen LogP contribution in [-0.4, -0.2) is 59.1 Å². The van der Waals surface area contributed by atoms with E-state index in [1.807, 2.05) is 30.3 Å². The molecule has 0 saturated carbocycles. The first kappa shape index (κ1) is 22.8. The van der Waals surface area contributed by atoms with Crippen molar-refractivity contribution in [2.45, 2.75) is 24.2 Å². The highest BCUT2D eigenvalue weighted by molar-refractivity contribution is 7.99. The summed E-state index contributed by atoms with van der Waals surface area (Å²) >= 11 is 7.26. The van der Waals surface area contributed by atoms with Crippen LogP contribution >= 0.6 is 23.4 Å². The highest BCUT2D eigenvalue weighted by Gasteiger charge is 2.32.